The number of hydrogen-bond acceptors (Lipinski definition) is 5. The van der Waals surface area contributed by atoms with E-state index in [0.717, 1.165) is 4.57 Å². The lowest BCUT2D eigenvalue weighted by atomic mass is 10.1. The topological polar surface area (TPSA) is 98.0 Å². The summed E-state index contributed by atoms with van der Waals surface area (Å²) in [4.78, 5) is 40.5. The number of pyridine rings is 1. The van der Waals surface area contributed by atoms with Crippen molar-refractivity contribution in [2.24, 2.45) is 14.1 Å². The van der Waals surface area contributed by atoms with Crippen LogP contribution in [0.1, 0.15) is 16.1 Å². The van der Waals surface area contributed by atoms with Crippen molar-refractivity contribution < 1.29 is 4.79 Å². The van der Waals surface area contributed by atoms with E-state index in [2.05, 4.69) is 15.6 Å². The third-order valence-corrected chi connectivity index (χ3v) is 3.50. The van der Waals surface area contributed by atoms with Gasteiger partial charge >= 0.3 is 5.69 Å². The first kappa shape index (κ1) is 22.1. The SMILES string of the molecule is CNCCNC(=O)c1cc(C)c2c(=O)n(C)c(=O)n(C)c2n1.Cl.Cl. The van der Waals surface area contributed by atoms with Gasteiger partial charge in [-0.05, 0) is 25.6 Å². The highest BCUT2D eigenvalue weighted by molar-refractivity contribution is 5.95. The number of nitrogens with zero attached hydrogens (tertiary/aromatic N) is 3. The molecule has 0 bridgehead atoms. The molecule has 0 aromatic carbocycles. The van der Waals surface area contributed by atoms with Crippen molar-refractivity contribution in [2.75, 3.05) is 20.1 Å². The normalized spacial score (nSPS) is 10.0. The number of amides is 1. The van der Waals surface area contributed by atoms with Crippen LogP contribution in [0.15, 0.2) is 15.7 Å². The largest absolute Gasteiger partial charge is 0.349 e. The van der Waals surface area contributed by atoms with Crippen LogP contribution in [0.2, 0.25) is 0 Å². The van der Waals surface area contributed by atoms with E-state index in [0.29, 0.717) is 24.0 Å². The lowest BCUT2D eigenvalue weighted by Gasteiger charge is -2.11. The van der Waals surface area contributed by atoms with Crippen LogP contribution in [-0.2, 0) is 14.1 Å². The summed E-state index contributed by atoms with van der Waals surface area (Å²) < 4.78 is 2.30. The van der Waals surface area contributed by atoms with Crippen LogP contribution in [0, 0.1) is 6.92 Å². The molecule has 0 saturated heterocycles. The van der Waals surface area contributed by atoms with Gasteiger partial charge in [0.1, 0.15) is 11.3 Å². The monoisotopic (exact) mass is 377 g/mol. The van der Waals surface area contributed by atoms with Crippen molar-refractivity contribution in [3.63, 3.8) is 0 Å². The van der Waals surface area contributed by atoms with Crippen LogP contribution in [0.5, 0.6) is 0 Å². The fourth-order valence-electron chi connectivity index (χ4n) is 2.24. The molecule has 0 radical (unpaired) electrons. The molecule has 2 aromatic rings. The van der Waals surface area contributed by atoms with E-state index in [9.17, 15) is 14.4 Å². The Morgan fingerprint density at radius 3 is 2.38 bits per heavy atom. The minimum absolute atomic E-state index is 0. The standard InChI is InChI=1S/C14H19N5O3.2ClH/c1-8-7-9(12(20)16-6-5-15-2)17-11-10(8)13(21)19(4)14(22)18(11)3;;/h7,15H,5-6H2,1-4H3,(H,16,20);2*1H. The molecule has 1 amide bonds. The zero-order valence-electron chi connectivity index (χ0n) is 13.9. The molecule has 2 N–H and O–H groups in total. The summed E-state index contributed by atoms with van der Waals surface area (Å²) in [5.74, 6) is -0.339. The quantitative estimate of drug-likeness (QED) is 0.714. The van der Waals surface area contributed by atoms with Crippen molar-refractivity contribution in [2.45, 2.75) is 6.92 Å². The molecule has 0 fully saturated rings. The Morgan fingerprint density at radius 1 is 1.17 bits per heavy atom. The molecule has 8 nitrogen and oxygen atoms in total. The molecule has 2 aromatic heterocycles. The zero-order valence-corrected chi connectivity index (χ0v) is 15.5. The van der Waals surface area contributed by atoms with E-state index in [4.69, 9.17) is 0 Å². The summed E-state index contributed by atoms with van der Waals surface area (Å²) in [6, 6.07) is 1.56. The first-order chi connectivity index (χ1) is 10.4. The van der Waals surface area contributed by atoms with E-state index in [-0.39, 0.29) is 42.1 Å². The van der Waals surface area contributed by atoms with Crippen LogP contribution in [-0.4, -0.2) is 40.2 Å². The summed E-state index contributed by atoms with van der Waals surface area (Å²) in [5, 5.41) is 5.98. The highest BCUT2D eigenvalue weighted by Crippen LogP contribution is 2.12. The second-order valence-corrected chi connectivity index (χ2v) is 5.09. The lowest BCUT2D eigenvalue weighted by Crippen LogP contribution is -2.38. The number of hydrogen-bond donors (Lipinski definition) is 2. The van der Waals surface area contributed by atoms with Crippen LogP contribution in [0.25, 0.3) is 11.0 Å². The number of aryl methyl sites for hydroxylation is 2. The molecule has 0 aliphatic heterocycles. The van der Waals surface area contributed by atoms with E-state index in [1.807, 2.05) is 0 Å². The molecular formula is C14H21Cl2N5O3. The molecule has 2 heterocycles. The van der Waals surface area contributed by atoms with Gasteiger partial charge in [-0.25, -0.2) is 9.78 Å². The van der Waals surface area contributed by atoms with Gasteiger partial charge in [-0.3, -0.25) is 18.7 Å². The van der Waals surface area contributed by atoms with Crippen molar-refractivity contribution in [1.82, 2.24) is 24.8 Å². The maximum atomic E-state index is 12.2. The van der Waals surface area contributed by atoms with Crippen LogP contribution >= 0.6 is 24.8 Å². The number of carbonyl (C=O) groups excluding carboxylic acids is 1. The summed E-state index contributed by atoms with van der Waals surface area (Å²) in [5.41, 5.74) is 0.124. The van der Waals surface area contributed by atoms with Gasteiger partial charge in [-0.2, -0.15) is 0 Å². The van der Waals surface area contributed by atoms with Gasteiger partial charge in [0.15, 0.2) is 0 Å². The maximum Gasteiger partial charge on any atom is 0.332 e. The highest BCUT2D eigenvalue weighted by atomic mass is 35.5. The highest BCUT2D eigenvalue weighted by Gasteiger charge is 2.16. The van der Waals surface area contributed by atoms with Gasteiger partial charge < -0.3 is 10.6 Å². The van der Waals surface area contributed by atoms with Gasteiger partial charge in [-0.1, -0.05) is 0 Å². The summed E-state index contributed by atoms with van der Waals surface area (Å²) in [6.07, 6.45) is 0. The lowest BCUT2D eigenvalue weighted by molar-refractivity contribution is 0.0949. The van der Waals surface area contributed by atoms with Crippen LogP contribution < -0.4 is 21.9 Å². The number of aromatic nitrogens is 3. The number of nitrogens with one attached hydrogen (secondary N) is 2. The minimum atomic E-state index is -0.475. The van der Waals surface area contributed by atoms with Crippen LogP contribution in [0.4, 0.5) is 0 Å². The predicted molar refractivity (Wildman–Crippen MR) is 97.7 cm³/mol. The molecular weight excluding hydrogens is 357 g/mol. The molecule has 0 aliphatic carbocycles. The van der Waals surface area contributed by atoms with Gasteiger partial charge in [0.05, 0.1) is 5.39 Å². The van der Waals surface area contributed by atoms with Gasteiger partial charge in [0.25, 0.3) is 11.5 Å². The fraction of sp³-hybridized carbons (Fsp3) is 0.429. The Morgan fingerprint density at radius 2 is 1.79 bits per heavy atom. The smallest absolute Gasteiger partial charge is 0.332 e. The summed E-state index contributed by atoms with van der Waals surface area (Å²) in [7, 11) is 4.73. The third kappa shape index (κ3) is 3.95. The van der Waals surface area contributed by atoms with Crippen molar-refractivity contribution in [1.29, 1.82) is 0 Å². The Labute approximate surface area is 151 Å². The second-order valence-electron chi connectivity index (χ2n) is 5.09. The minimum Gasteiger partial charge on any atom is -0.349 e. The molecule has 0 unspecified atom stereocenters. The first-order valence-corrected chi connectivity index (χ1v) is 6.88. The Bertz CT molecular complexity index is 860. The van der Waals surface area contributed by atoms with Crippen molar-refractivity contribution in [3.8, 4) is 0 Å². The summed E-state index contributed by atoms with van der Waals surface area (Å²) >= 11 is 0. The number of carbonyl (C=O) groups is 1. The van der Waals surface area contributed by atoms with E-state index >= 15 is 0 Å². The Kier molecular flexibility index (Phi) is 8.12. The fourth-order valence-corrected chi connectivity index (χ4v) is 2.24. The third-order valence-electron chi connectivity index (χ3n) is 3.50. The molecule has 0 saturated carbocycles. The van der Waals surface area contributed by atoms with Gasteiger partial charge in [-0.15, -0.1) is 24.8 Å². The molecule has 10 heteroatoms. The number of likely N-dealkylation sites (N-methyl/N-ethyl adjacent to an activating group) is 1. The Balaban J connectivity index is 0.00000264. The average Bonchev–Trinajstić information content (AvgIpc) is 2.50. The molecule has 134 valence electrons. The molecule has 2 rings (SSSR count). The number of halogens is 2. The first-order valence-electron chi connectivity index (χ1n) is 6.88. The molecule has 0 atom stereocenters. The van der Waals surface area contributed by atoms with Crippen molar-refractivity contribution >= 4 is 41.8 Å². The molecule has 0 spiro atoms. The Hall–Kier alpha value is -1.90. The number of fused-ring (bicyclic) bond motifs is 1. The van der Waals surface area contributed by atoms with Gasteiger partial charge in [0.2, 0.25) is 0 Å². The summed E-state index contributed by atoms with van der Waals surface area (Å²) in [6.45, 7) is 2.82. The van der Waals surface area contributed by atoms with E-state index in [1.165, 1.54) is 18.7 Å². The van der Waals surface area contributed by atoms with Crippen LogP contribution in [0.3, 0.4) is 0 Å². The van der Waals surface area contributed by atoms with Crippen molar-refractivity contribution in [3.05, 3.63) is 38.2 Å². The zero-order chi connectivity index (χ0) is 16.4. The maximum absolute atomic E-state index is 12.2. The second kappa shape index (κ2) is 8.81. The van der Waals surface area contributed by atoms with E-state index in [1.54, 1.807) is 20.0 Å². The van der Waals surface area contributed by atoms with Gasteiger partial charge in [0, 0.05) is 27.2 Å². The number of rotatable bonds is 4. The van der Waals surface area contributed by atoms with E-state index < -0.39 is 11.2 Å². The predicted octanol–water partition coefficient (Wildman–Crippen LogP) is -0.267. The molecule has 0 aliphatic rings. The molecule has 24 heavy (non-hydrogen) atoms. The average molecular weight is 378 g/mol.